The van der Waals surface area contributed by atoms with E-state index in [0.717, 1.165) is 65.7 Å². The van der Waals surface area contributed by atoms with E-state index in [1.54, 1.807) is 11.8 Å². The quantitative estimate of drug-likeness (QED) is 0.148. The fraction of sp³-hybridized carbons (Fsp3) is 0.467. The molecule has 0 fully saturated rings. The minimum Gasteiger partial charge on any atom is -0.356 e. The highest BCUT2D eigenvalue weighted by Crippen LogP contribution is 2.32. The molecule has 0 aliphatic carbocycles. The van der Waals surface area contributed by atoms with E-state index in [0.29, 0.717) is 6.42 Å². The molecule has 0 saturated heterocycles. The first-order valence-corrected chi connectivity index (χ1v) is 14.4. The molecule has 0 aliphatic heterocycles. The molecule has 2 aromatic carbocycles. The van der Waals surface area contributed by atoms with Crippen LogP contribution in [0.5, 0.6) is 0 Å². The average Bonchev–Trinajstić information content (AvgIpc) is 3.33. The molecule has 35 heavy (non-hydrogen) atoms. The maximum absolute atomic E-state index is 11.9. The molecule has 3 aromatic rings. The highest BCUT2D eigenvalue weighted by molar-refractivity contribution is 7.99. The van der Waals surface area contributed by atoms with Crippen molar-refractivity contribution < 1.29 is 4.79 Å². The number of nitrogens with one attached hydrogen (secondary N) is 2. The first-order valence-electron chi connectivity index (χ1n) is 13.4. The molecular formula is C30H41N3OS. The average molecular weight is 492 g/mol. The highest BCUT2D eigenvalue weighted by Gasteiger charge is 2.14. The Bertz CT molecular complexity index is 915. The van der Waals surface area contributed by atoms with Crippen molar-refractivity contribution in [1.29, 1.82) is 0 Å². The normalized spacial score (nSPS) is 11.0. The Morgan fingerprint density at radius 3 is 2.17 bits per heavy atom. The van der Waals surface area contributed by atoms with Crippen LogP contribution >= 0.6 is 11.8 Å². The Hall–Kier alpha value is -2.53. The van der Waals surface area contributed by atoms with Crippen molar-refractivity contribution in [1.82, 2.24) is 15.3 Å². The minimum absolute atomic E-state index is 0.220. The number of imidazole rings is 1. The zero-order valence-electron chi connectivity index (χ0n) is 21.2. The molecular weight excluding hydrogens is 450 g/mol. The van der Waals surface area contributed by atoms with Crippen LogP contribution in [-0.2, 0) is 4.79 Å². The fourth-order valence-corrected chi connectivity index (χ4v) is 5.04. The topological polar surface area (TPSA) is 57.8 Å². The zero-order valence-corrected chi connectivity index (χ0v) is 22.0. The van der Waals surface area contributed by atoms with Gasteiger partial charge in [-0.05, 0) is 19.3 Å². The summed E-state index contributed by atoms with van der Waals surface area (Å²) < 4.78 is 0. The zero-order chi connectivity index (χ0) is 24.6. The number of carbonyl (C=O) groups excluding carboxylic acids is 1. The number of hydrogen-bond donors (Lipinski definition) is 2. The lowest BCUT2D eigenvalue weighted by Crippen LogP contribution is -2.23. The number of nitrogens with zero attached hydrogens (tertiary/aromatic N) is 1. The Morgan fingerprint density at radius 2 is 1.43 bits per heavy atom. The van der Waals surface area contributed by atoms with Gasteiger partial charge in [-0.1, -0.05) is 124 Å². The second kappa shape index (κ2) is 16.2. The molecule has 0 unspecified atom stereocenters. The van der Waals surface area contributed by atoms with Gasteiger partial charge in [0.2, 0.25) is 5.91 Å². The van der Waals surface area contributed by atoms with Gasteiger partial charge < -0.3 is 10.3 Å². The van der Waals surface area contributed by atoms with Crippen LogP contribution in [0.3, 0.4) is 0 Å². The molecule has 5 heteroatoms. The second-order valence-electron chi connectivity index (χ2n) is 9.13. The lowest BCUT2D eigenvalue weighted by Gasteiger charge is -2.05. The van der Waals surface area contributed by atoms with Crippen LogP contribution in [-0.4, -0.2) is 28.2 Å². The van der Waals surface area contributed by atoms with Crippen molar-refractivity contribution in [3.8, 4) is 22.5 Å². The van der Waals surface area contributed by atoms with E-state index in [1.807, 2.05) is 12.1 Å². The predicted molar refractivity (Wildman–Crippen MR) is 150 cm³/mol. The summed E-state index contributed by atoms with van der Waals surface area (Å²) in [4.78, 5) is 20.4. The van der Waals surface area contributed by atoms with E-state index in [1.165, 1.54) is 38.5 Å². The summed E-state index contributed by atoms with van der Waals surface area (Å²) in [5, 5.41) is 4.05. The number of benzene rings is 2. The molecule has 1 amide bonds. The van der Waals surface area contributed by atoms with Crippen LogP contribution in [0.4, 0.5) is 0 Å². The molecule has 2 N–H and O–H groups in total. The number of amides is 1. The Kier molecular flexibility index (Phi) is 12.5. The molecule has 0 aliphatic rings. The maximum Gasteiger partial charge on any atom is 0.219 e. The smallest absolute Gasteiger partial charge is 0.219 e. The van der Waals surface area contributed by atoms with Crippen molar-refractivity contribution in [2.24, 2.45) is 0 Å². The van der Waals surface area contributed by atoms with Gasteiger partial charge in [-0.15, -0.1) is 0 Å². The molecule has 4 nitrogen and oxygen atoms in total. The maximum atomic E-state index is 11.9. The van der Waals surface area contributed by atoms with E-state index in [2.05, 4.69) is 65.8 Å². The van der Waals surface area contributed by atoms with E-state index < -0.39 is 0 Å². The fourth-order valence-electron chi connectivity index (χ4n) is 4.17. The molecule has 3 rings (SSSR count). The summed E-state index contributed by atoms with van der Waals surface area (Å²) in [6, 6.07) is 20.8. The van der Waals surface area contributed by atoms with Crippen molar-refractivity contribution >= 4 is 17.7 Å². The van der Waals surface area contributed by atoms with Gasteiger partial charge in [0.05, 0.1) is 11.4 Å². The summed E-state index contributed by atoms with van der Waals surface area (Å²) in [6.07, 6.45) is 12.5. The number of H-pyrrole nitrogens is 1. The van der Waals surface area contributed by atoms with Gasteiger partial charge >= 0.3 is 0 Å². The number of hydrogen-bond acceptors (Lipinski definition) is 3. The van der Waals surface area contributed by atoms with Crippen molar-refractivity contribution in [3.63, 3.8) is 0 Å². The summed E-state index contributed by atoms with van der Waals surface area (Å²) in [7, 11) is 0. The first kappa shape index (κ1) is 27.1. The number of thioether (sulfide) groups is 1. The molecule has 1 heterocycles. The van der Waals surface area contributed by atoms with E-state index in [-0.39, 0.29) is 5.91 Å². The molecule has 1 aromatic heterocycles. The van der Waals surface area contributed by atoms with Crippen LogP contribution in [0.1, 0.15) is 77.6 Å². The Labute approximate surface area is 215 Å². The van der Waals surface area contributed by atoms with Crippen molar-refractivity contribution in [2.75, 3.05) is 12.3 Å². The van der Waals surface area contributed by atoms with Gasteiger partial charge in [-0.2, -0.15) is 0 Å². The number of rotatable bonds is 17. The van der Waals surface area contributed by atoms with E-state index in [4.69, 9.17) is 4.98 Å². The monoisotopic (exact) mass is 491 g/mol. The second-order valence-corrected chi connectivity index (χ2v) is 10.2. The van der Waals surface area contributed by atoms with Gasteiger partial charge in [-0.3, -0.25) is 4.79 Å². The predicted octanol–water partition coefficient (Wildman–Crippen LogP) is 8.26. The number of aromatic nitrogens is 2. The molecule has 0 saturated carbocycles. The number of carbonyl (C=O) groups is 1. The molecule has 0 radical (unpaired) electrons. The summed E-state index contributed by atoms with van der Waals surface area (Å²) in [5.41, 5.74) is 4.39. The number of unbranched alkanes of at least 4 members (excludes halogenated alkanes) is 8. The van der Waals surface area contributed by atoms with E-state index >= 15 is 0 Å². The summed E-state index contributed by atoms with van der Waals surface area (Å²) >= 11 is 1.80. The molecule has 188 valence electrons. The highest BCUT2D eigenvalue weighted by atomic mass is 32.2. The van der Waals surface area contributed by atoms with Crippen LogP contribution in [0.25, 0.3) is 22.5 Å². The molecule has 0 spiro atoms. The third-order valence-electron chi connectivity index (χ3n) is 6.18. The van der Waals surface area contributed by atoms with Gasteiger partial charge in [0.1, 0.15) is 0 Å². The lowest BCUT2D eigenvalue weighted by atomic mass is 10.1. The third-order valence-corrected chi connectivity index (χ3v) is 7.14. The van der Waals surface area contributed by atoms with Crippen LogP contribution in [0, 0.1) is 0 Å². The molecule has 0 bridgehead atoms. The van der Waals surface area contributed by atoms with Gasteiger partial charge in [0.15, 0.2) is 5.16 Å². The van der Waals surface area contributed by atoms with Gasteiger partial charge in [0, 0.05) is 29.8 Å². The van der Waals surface area contributed by atoms with Gasteiger partial charge in [-0.25, -0.2) is 4.98 Å². The largest absolute Gasteiger partial charge is 0.356 e. The van der Waals surface area contributed by atoms with Crippen LogP contribution in [0.15, 0.2) is 65.8 Å². The number of aromatic amines is 1. The Balaban J connectivity index is 1.32. The van der Waals surface area contributed by atoms with Gasteiger partial charge in [0.25, 0.3) is 0 Å². The third kappa shape index (κ3) is 9.93. The van der Waals surface area contributed by atoms with Crippen molar-refractivity contribution in [3.05, 3.63) is 60.7 Å². The van der Waals surface area contributed by atoms with Crippen LogP contribution < -0.4 is 5.32 Å². The molecule has 0 atom stereocenters. The summed E-state index contributed by atoms with van der Waals surface area (Å²) in [5.74, 6) is 1.27. The SMILES string of the molecule is CCCCCCCNC(=O)CCCCCCCSc1nc(-c2ccccc2)c(-c2ccccc2)[nH]1. The van der Waals surface area contributed by atoms with E-state index in [9.17, 15) is 4.79 Å². The van der Waals surface area contributed by atoms with Crippen LogP contribution in [0.2, 0.25) is 0 Å². The van der Waals surface area contributed by atoms with Crippen molar-refractivity contribution in [2.45, 2.75) is 82.7 Å². The minimum atomic E-state index is 0.220. The Morgan fingerprint density at radius 1 is 0.800 bits per heavy atom. The first-order chi connectivity index (χ1) is 17.3. The standard InChI is InChI=1S/C30H41N3OS/c1-2-3-4-7-16-23-31-27(34)22-15-6-5-8-17-24-35-30-32-28(25-18-11-9-12-19-25)29(33-30)26-20-13-10-14-21-26/h9-14,18-21H,2-8,15-17,22-24H2,1H3,(H,31,34)(H,32,33). The summed E-state index contributed by atoms with van der Waals surface area (Å²) in [6.45, 7) is 3.06. The lowest BCUT2D eigenvalue weighted by molar-refractivity contribution is -0.121.